The molecule has 1 aliphatic heterocycles. The second-order valence-electron chi connectivity index (χ2n) is 8.19. The normalized spacial score (nSPS) is 19.1. The van der Waals surface area contributed by atoms with Crippen LogP contribution in [0.25, 0.3) is 0 Å². The van der Waals surface area contributed by atoms with Gasteiger partial charge < -0.3 is 10.6 Å². The molecule has 0 spiro atoms. The number of nitrogens with one attached hydrogen (secondary N) is 3. The van der Waals surface area contributed by atoms with Gasteiger partial charge in [-0.25, -0.2) is 0 Å². The van der Waals surface area contributed by atoms with Gasteiger partial charge in [0.1, 0.15) is 6.17 Å². The number of amides is 2. The highest BCUT2D eigenvalue weighted by Crippen LogP contribution is 2.37. The van der Waals surface area contributed by atoms with Crippen LogP contribution in [0.5, 0.6) is 0 Å². The first-order valence-corrected chi connectivity index (χ1v) is 10.3. The number of carbonyl (C=O) groups is 2. The molecule has 184 valence electrons. The molecule has 3 N–H and O–H groups in total. The van der Waals surface area contributed by atoms with E-state index in [0.29, 0.717) is 11.8 Å². The molecule has 2 heterocycles. The zero-order valence-corrected chi connectivity index (χ0v) is 18.1. The molecule has 0 radical (unpaired) electrons. The van der Waals surface area contributed by atoms with Crippen molar-refractivity contribution in [2.45, 2.75) is 51.4 Å². The molecular formula is C22H22F6N4O2. The number of halogens is 6. The van der Waals surface area contributed by atoms with Crippen LogP contribution < -0.4 is 16.0 Å². The van der Waals surface area contributed by atoms with E-state index in [1.165, 1.54) is 12.1 Å². The summed E-state index contributed by atoms with van der Waals surface area (Å²) in [5.41, 5.74) is -1.80. The van der Waals surface area contributed by atoms with Crippen LogP contribution >= 0.6 is 0 Å². The van der Waals surface area contributed by atoms with Crippen molar-refractivity contribution in [1.82, 2.24) is 20.9 Å². The number of alkyl halides is 6. The lowest BCUT2D eigenvalue weighted by molar-refractivity contribution is -0.139. The summed E-state index contributed by atoms with van der Waals surface area (Å²) < 4.78 is 79.5. The summed E-state index contributed by atoms with van der Waals surface area (Å²) in [6.07, 6.45) is -10.2. The number of nitrogens with zero attached hydrogens (tertiary/aromatic N) is 1. The largest absolute Gasteiger partial charge is 0.417 e. The Hall–Kier alpha value is -3.15. The van der Waals surface area contributed by atoms with Gasteiger partial charge in [0.05, 0.1) is 22.9 Å². The van der Waals surface area contributed by atoms with Crippen molar-refractivity contribution in [3.63, 3.8) is 0 Å². The van der Waals surface area contributed by atoms with Crippen LogP contribution in [-0.4, -0.2) is 16.8 Å². The minimum absolute atomic E-state index is 0.0211. The molecule has 34 heavy (non-hydrogen) atoms. The molecule has 0 saturated carbocycles. The zero-order valence-electron chi connectivity index (χ0n) is 18.1. The number of hydrogen-bond acceptors (Lipinski definition) is 4. The average Bonchev–Trinajstić information content (AvgIpc) is 2.75. The topological polar surface area (TPSA) is 83.1 Å². The van der Waals surface area contributed by atoms with E-state index in [1.807, 2.05) is 0 Å². The average molecular weight is 488 g/mol. The maximum atomic E-state index is 13.7. The number of benzene rings is 1. The van der Waals surface area contributed by atoms with E-state index in [2.05, 4.69) is 20.9 Å². The summed E-state index contributed by atoms with van der Waals surface area (Å²) in [5.74, 6) is -1.19. The molecule has 0 aliphatic carbocycles. The molecule has 12 heteroatoms. The number of hydrogen-bond donors (Lipinski definition) is 3. The molecule has 1 aliphatic rings. The molecule has 2 amide bonds. The minimum atomic E-state index is -4.74. The summed E-state index contributed by atoms with van der Waals surface area (Å²) in [6.45, 7) is 3.32. The first-order chi connectivity index (χ1) is 15.8. The summed E-state index contributed by atoms with van der Waals surface area (Å²) in [7, 11) is 0. The van der Waals surface area contributed by atoms with Gasteiger partial charge in [-0.15, -0.1) is 0 Å². The smallest absolute Gasteiger partial charge is 0.352 e. The number of carbonyl (C=O) groups excluding carboxylic acids is 2. The van der Waals surface area contributed by atoms with Gasteiger partial charge in [0, 0.05) is 30.6 Å². The molecule has 2 atom stereocenters. The molecule has 1 aromatic carbocycles. The maximum Gasteiger partial charge on any atom is 0.417 e. The Labute approximate surface area is 191 Å². The molecule has 1 saturated heterocycles. The Balaban J connectivity index is 1.90. The summed E-state index contributed by atoms with van der Waals surface area (Å²) in [6, 6.07) is 4.28. The maximum absolute atomic E-state index is 13.7. The van der Waals surface area contributed by atoms with Gasteiger partial charge in [-0.05, 0) is 29.8 Å². The van der Waals surface area contributed by atoms with Crippen molar-refractivity contribution in [2.75, 3.05) is 0 Å². The lowest BCUT2D eigenvalue weighted by Gasteiger charge is -2.33. The third kappa shape index (κ3) is 6.04. The Kier molecular flexibility index (Phi) is 7.20. The van der Waals surface area contributed by atoms with Crippen molar-refractivity contribution in [2.24, 2.45) is 5.92 Å². The first kappa shape index (κ1) is 25.5. The van der Waals surface area contributed by atoms with Crippen molar-refractivity contribution in [1.29, 1.82) is 0 Å². The van der Waals surface area contributed by atoms with Crippen LogP contribution in [0.1, 0.15) is 60.4 Å². The second kappa shape index (κ2) is 9.61. The fourth-order valence-electron chi connectivity index (χ4n) is 3.46. The van der Waals surface area contributed by atoms with Crippen LogP contribution in [-0.2, 0) is 28.5 Å². The predicted octanol–water partition coefficient (Wildman–Crippen LogP) is 4.24. The van der Waals surface area contributed by atoms with Gasteiger partial charge in [0.2, 0.25) is 11.8 Å². The van der Waals surface area contributed by atoms with Crippen LogP contribution in [0.2, 0.25) is 0 Å². The van der Waals surface area contributed by atoms with E-state index >= 15 is 0 Å². The number of aromatic nitrogens is 1. The number of pyridine rings is 1. The van der Waals surface area contributed by atoms with E-state index in [-0.39, 0.29) is 36.0 Å². The molecular weight excluding hydrogens is 466 g/mol. The molecule has 1 fully saturated rings. The van der Waals surface area contributed by atoms with Crippen LogP contribution in [0.15, 0.2) is 36.5 Å². The van der Waals surface area contributed by atoms with Crippen LogP contribution in [0, 0.1) is 5.92 Å². The van der Waals surface area contributed by atoms with Gasteiger partial charge in [0.15, 0.2) is 0 Å². The van der Waals surface area contributed by atoms with Gasteiger partial charge in [-0.1, -0.05) is 19.9 Å². The monoisotopic (exact) mass is 488 g/mol. The Bertz CT molecular complexity index is 1050. The Morgan fingerprint density at radius 3 is 2.38 bits per heavy atom. The minimum Gasteiger partial charge on any atom is -0.352 e. The van der Waals surface area contributed by atoms with Crippen molar-refractivity contribution >= 4 is 11.8 Å². The third-order valence-electron chi connectivity index (χ3n) is 5.26. The van der Waals surface area contributed by atoms with Crippen LogP contribution in [0.3, 0.4) is 0 Å². The highest BCUT2D eigenvalue weighted by molar-refractivity contribution is 5.78. The van der Waals surface area contributed by atoms with E-state index in [0.717, 1.165) is 18.2 Å². The quantitative estimate of drug-likeness (QED) is 0.550. The van der Waals surface area contributed by atoms with E-state index in [9.17, 15) is 35.9 Å². The molecule has 2 unspecified atom stereocenters. The predicted molar refractivity (Wildman–Crippen MR) is 109 cm³/mol. The fraction of sp³-hybridized carbons (Fsp3) is 0.409. The highest BCUT2D eigenvalue weighted by atomic mass is 19.4. The van der Waals surface area contributed by atoms with Gasteiger partial charge in [0.25, 0.3) is 0 Å². The Morgan fingerprint density at radius 2 is 1.82 bits per heavy atom. The van der Waals surface area contributed by atoms with Gasteiger partial charge in [-0.2, -0.15) is 26.3 Å². The Morgan fingerprint density at radius 1 is 1.12 bits per heavy atom. The van der Waals surface area contributed by atoms with Crippen molar-refractivity contribution in [3.05, 3.63) is 64.5 Å². The first-order valence-electron chi connectivity index (χ1n) is 10.3. The summed E-state index contributed by atoms with van der Waals surface area (Å²) in [5, 5.41) is 7.90. The lowest BCUT2D eigenvalue weighted by atomic mass is 9.97. The van der Waals surface area contributed by atoms with Crippen LogP contribution in [0.4, 0.5) is 26.3 Å². The molecule has 2 aromatic rings. The molecule has 6 nitrogen and oxygen atoms in total. The third-order valence-corrected chi connectivity index (χ3v) is 5.26. The van der Waals surface area contributed by atoms with Crippen molar-refractivity contribution < 1.29 is 35.9 Å². The molecule has 0 bridgehead atoms. The van der Waals surface area contributed by atoms with E-state index in [1.54, 1.807) is 13.8 Å². The number of rotatable bonds is 5. The highest BCUT2D eigenvalue weighted by Gasteiger charge is 2.38. The standard InChI is InChI=1S/C22H22F6N4O2/c1-11(2)20(34)30-9-12-3-5-15(22(26,27)28)14(7-12)19-31-17(8-18(33)32-19)16-6-4-13(10-29-16)21(23,24)25/h3-7,10-11,17,19,31H,8-9H2,1-2H3,(H,30,34)(H,32,33). The lowest BCUT2D eigenvalue weighted by Crippen LogP contribution is -2.47. The fourth-order valence-corrected chi connectivity index (χ4v) is 3.46. The van der Waals surface area contributed by atoms with E-state index in [4.69, 9.17) is 0 Å². The van der Waals surface area contributed by atoms with Gasteiger partial charge in [-0.3, -0.25) is 19.9 Å². The van der Waals surface area contributed by atoms with Crippen molar-refractivity contribution in [3.8, 4) is 0 Å². The summed E-state index contributed by atoms with van der Waals surface area (Å²) >= 11 is 0. The summed E-state index contributed by atoms with van der Waals surface area (Å²) in [4.78, 5) is 27.9. The van der Waals surface area contributed by atoms with E-state index < -0.39 is 41.6 Å². The second-order valence-corrected chi connectivity index (χ2v) is 8.19. The van der Waals surface area contributed by atoms with Gasteiger partial charge >= 0.3 is 12.4 Å². The molecule has 3 rings (SSSR count). The SMILES string of the molecule is CC(C)C(=O)NCc1ccc(C(F)(F)F)c(C2NC(=O)CC(c3ccc(C(F)(F)F)cn3)N2)c1. The zero-order chi connectivity index (χ0) is 25.3. The molecule has 1 aromatic heterocycles.